The molecule has 2 amide bonds. The minimum Gasteiger partial charge on any atom is -0.497 e. The van der Waals surface area contributed by atoms with Gasteiger partial charge in [0.2, 0.25) is 5.91 Å². The van der Waals surface area contributed by atoms with Crippen molar-refractivity contribution < 1.29 is 14.3 Å². The summed E-state index contributed by atoms with van der Waals surface area (Å²) in [5.74, 6) is 2.12. The number of amides is 2. The normalized spacial score (nSPS) is 22.1. The van der Waals surface area contributed by atoms with Crippen LogP contribution in [0.5, 0.6) is 5.75 Å². The van der Waals surface area contributed by atoms with Crippen LogP contribution in [0.2, 0.25) is 0 Å². The van der Waals surface area contributed by atoms with E-state index in [9.17, 15) is 9.59 Å². The van der Waals surface area contributed by atoms with Gasteiger partial charge >= 0.3 is 0 Å². The average molecular weight is 406 g/mol. The number of rotatable bonds is 6. The van der Waals surface area contributed by atoms with Gasteiger partial charge in [0.05, 0.1) is 18.0 Å². The zero-order chi connectivity index (χ0) is 20.1. The quantitative estimate of drug-likeness (QED) is 0.761. The van der Waals surface area contributed by atoms with Gasteiger partial charge in [-0.25, -0.2) is 0 Å². The molecule has 2 N–H and O–H groups in total. The molecule has 1 aromatic rings. The maximum Gasteiger partial charge on any atom is 0.253 e. The minimum absolute atomic E-state index is 0.0413. The van der Waals surface area contributed by atoms with Crippen LogP contribution >= 0.6 is 11.8 Å². The molecule has 7 heteroatoms. The first-order valence-electron chi connectivity index (χ1n) is 10.1. The number of thioether (sulfide) groups is 1. The van der Waals surface area contributed by atoms with Crippen LogP contribution in [0.3, 0.4) is 0 Å². The molecule has 2 saturated heterocycles. The first-order valence-corrected chi connectivity index (χ1v) is 11.1. The third-order valence-corrected chi connectivity index (χ3v) is 7.36. The average Bonchev–Trinajstić information content (AvgIpc) is 3.15. The van der Waals surface area contributed by atoms with E-state index in [-0.39, 0.29) is 22.7 Å². The van der Waals surface area contributed by atoms with Crippen molar-refractivity contribution in [1.82, 2.24) is 15.5 Å². The van der Waals surface area contributed by atoms with Gasteiger partial charge in [0.15, 0.2) is 0 Å². The maximum absolute atomic E-state index is 12.8. The van der Waals surface area contributed by atoms with E-state index in [1.54, 1.807) is 13.2 Å². The van der Waals surface area contributed by atoms with Crippen LogP contribution < -0.4 is 15.4 Å². The summed E-state index contributed by atoms with van der Waals surface area (Å²) < 4.78 is 5.22. The van der Waals surface area contributed by atoms with E-state index in [1.165, 1.54) is 0 Å². The molecule has 2 aliphatic heterocycles. The number of ether oxygens (including phenoxy) is 1. The van der Waals surface area contributed by atoms with Gasteiger partial charge < -0.3 is 15.0 Å². The summed E-state index contributed by atoms with van der Waals surface area (Å²) >= 11 is 1.83. The molecule has 2 heterocycles. The van der Waals surface area contributed by atoms with Crippen molar-refractivity contribution >= 4 is 23.6 Å². The molecule has 0 radical (unpaired) electrons. The highest BCUT2D eigenvalue weighted by atomic mass is 32.2. The molecular formula is C21H31N3O3S. The highest BCUT2D eigenvalue weighted by molar-refractivity contribution is 8.01. The fraction of sp³-hybridized carbons (Fsp3) is 0.619. The fourth-order valence-electron chi connectivity index (χ4n) is 3.63. The van der Waals surface area contributed by atoms with Crippen molar-refractivity contribution in [2.24, 2.45) is 5.92 Å². The number of nitrogens with one attached hydrogen (secondary N) is 2. The van der Waals surface area contributed by atoms with Crippen LogP contribution in [0.4, 0.5) is 0 Å². The summed E-state index contributed by atoms with van der Waals surface area (Å²) in [5.41, 5.74) is 0.657. The molecule has 0 saturated carbocycles. The lowest BCUT2D eigenvalue weighted by Crippen LogP contribution is -2.54. The predicted octanol–water partition coefficient (Wildman–Crippen LogP) is 2.49. The minimum atomic E-state index is -0.144. The van der Waals surface area contributed by atoms with E-state index in [4.69, 9.17) is 4.74 Å². The van der Waals surface area contributed by atoms with Gasteiger partial charge in [-0.05, 0) is 37.0 Å². The van der Waals surface area contributed by atoms with Gasteiger partial charge in [-0.15, -0.1) is 11.8 Å². The van der Waals surface area contributed by atoms with Crippen LogP contribution in [0.1, 0.15) is 43.5 Å². The number of nitrogens with zero attached hydrogens (tertiary/aromatic N) is 1. The van der Waals surface area contributed by atoms with E-state index in [0.29, 0.717) is 30.3 Å². The van der Waals surface area contributed by atoms with E-state index in [1.807, 2.05) is 34.9 Å². The van der Waals surface area contributed by atoms with Crippen LogP contribution in [0, 0.1) is 5.92 Å². The largest absolute Gasteiger partial charge is 0.497 e. The lowest BCUT2D eigenvalue weighted by Gasteiger charge is -2.39. The van der Waals surface area contributed by atoms with E-state index >= 15 is 0 Å². The summed E-state index contributed by atoms with van der Waals surface area (Å²) in [4.78, 5) is 27.1. The van der Waals surface area contributed by atoms with Gasteiger partial charge in [0.1, 0.15) is 5.75 Å². The zero-order valence-corrected chi connectivity index (χ0v) is 17.8. The molecule has 2 fully saturated rings. The Hall–Kier alpha value is -1.73. The second-order valence-electron chi connectivity index (χ2n) is 7.78. The van der Waals surface area contributed by atoms with E-state index in [2.05, 4.69) is 24.5 Å². The zero-order valence-electron chi connectivity index (χ0n) is 17.0. The number of benzene rings is 1. The lowest BCUT2D eigenvalue weighted by atomic mass is 10.0. The summed E-state index contributed by atoms with van der Waals surface area (Å²) in [6.45, 7) is 6.40. The van der Waals surface area contributed by atoms with Crippen LogP contribution in [0.15, 0.2) is 24.3 Å². The Morgan fingerprint density at radius 2 is 2.14 bits per heavy atom. The summed E-state index contributed by atoms with van der Waals surface area (Å²) in [6.07, 6.45) is 2.76. The monoisotopic (exact) mass is 405 g/mol. The van der Waals surface area contributed by atoms with Crippen LogP contribution in [0.25, 0.3) is 0 Å². The summed E-state index contributed by atoms with van der Waals surface area (Å²) in [5, 5.41) is 6.62. The number of likely N-dealkylation sites (tertiary alicyclic amines) is 1. The van der Waals surface area contributed by atoms with Crippen molar-refractivity contribution in [2.75, 3.05) is 32.5 Å². The molecule has 28 heavy (non-hydrogen) atoms. The Kier molecular flexibility index (Phi) is 6.88. The Morgan fingerprint density at radius 1 is 1.39 bits per heavy atom. The second kappa shape index (κ2) is 9.18. The molecule has 1 spiro atoms. The lowest BCUT2D eigenvalue weighted by molar-refractivity contribution is -0.122. The standard InChI is InChI=1S/C21H31N3O3S/c1-4-15(2)13-22-19(25)18-14-28-21(23-18)8-10-24(11-9-21)20(26)16-6-5-7-17(12-16)27-3/h5-7,12,15,18,23H,4,8-11,13-14H2,1-3H3,(H,22,25). The van der Waals surface area contributed by atoms with Gasteiger partial charge in [-0.1, -0.05) is 26.3 Å². The third-order valence-electron chi connectivity index (χ3n) is 5.78. The van der Waals surface area contributed by atoms with Crippen molar-refractivity contribution in [3.05, 3.63) is 29.8 Å². The van der Waals surface area contributed by atoms with Crippen LogP contribution in [-0.4, -0.2) is 60.1 Å². The topological polar surface area (TPSA) is 70.7 Å². The Morgan fingerprint density at radius 3 is 2.82 bits per heavy atom. The predicted molar refractivity (Wildman–Crippen MR) is 113 cm³/mol. The second-order valence-corrected chi connectivity index (χ2v) is 9.19. The SMILES string of the molecule is CCC(C)CNC(=O)C1CSC2(CCN(C(=O)c3cccc(OC)c3)CC2)N1. The smallest absolute Gasteiger partial charge is 0.253 e. The molecule has 3 rings (SSSR count). The van der Waals surface area contributed by atoms with Crippen molar-refractivity contribution in [3.8, 4) is 5.75 Å². The van der Waals surface area contributed by atoms with Gasteiger partial charge in [0, 0.05) is 31.0 Å². The van der Waals surface area contributed by atoms with Gasteiger partial charge in [-0.3, -0.25) is 14.9 Å². The van der Waals surface area contributed by atoms with Gasteiger partial charge in [-0.2, -0.15) is 0 Å². The van der Waals surface area contributed by atoms with Crippen molar-refractivity contribution in [3.63, 3.8) is 0 Å². The number of hydrogen-bond acceptors (Lipinski definition) is 5. The number of carbonyl (C=O) groups is 2. The number of piperidine rings is 1. The number of methoxy groups -OCH3 is 1. The van der Waals surface area contributed by atoms with Gasteiger partial charge in [0.25, 0.3) is 5.91 Å². The number of carbonyl (C=O) groups excluding carboxylic acids is 2. The Labute approximate surface area is 171 Å². The molecule has 154 valence electrons. The van der Waals surface area contributed by atoms with Crippen LogP contribution in [-0.2, 0) is 4.79 Å². The molecule has 6 nitrogen and oxygen atoms in total. The molecule has 2 atom stereocenters. The number of hydrogen-bond donors (Lipinski definition) is 2. The van der Waals surface area contributed by atoms with Crippen molar-refractivity contribution in [2.45, 2.75) is 44.0 Å². The summed E-state index contributed by atoms with van der Waals surface area (Å²) in [6, 6.07) is 7.15. The fourth-order valence-corrected chi connectivity index (χ4v) is 5.04. The van der Waals surface area contributed by atoms with Crippen molar-refractivity contribution in [1.29, 1.82) is 0 Å². The Bertz CT molecular complexity index is 704. The molecule has 2 aliphatic rings. The van der Waals surface area contributed by atoms with E-state index in [0.717, 1.165) is 31.6 Å². The molecular weight excluding hydrogens is 374 g/mol. The maximum atomic E-state index is 12.8. The summed E-state index contributed by atoms with van der Waals surface area (Å²) in [7, 11) is 1.60. The first kappa shape index (κ1) is 21.0. The highest BCUT2D eigenvalue weighted by Gasteiger charge is 2.44. The molecule has 2 unspecified atom stereocenters. The Balaban J connectivity index is 1.52. The first-order chi connectivity index (χ1) is 13.5. The molecule has 0 aliphatic carbocycles. The molecule has 0 bridgehead atoms. The highest BCUT2D eigenvalue weighted by Crippen LogP contribution is 2.39. The van der Waals surface area contributed by atoms with E-state index < -0.39 is 0 Å². The third kappa shape index (κ3) is 4.81. The molecule has 0 aromatic heterocycles. The molecule has 1 aromatic carbocycles.